The molecule has 0 aromatic heterocycles. The predicted octanol–water partition coefficient (Wildman–Crippen LogP) is 1.28. The third-order valence-electron chi connectivity index (χ3n) is 2.22. The average Bonchev–Trinajstić information content (AvgIpc) is 2.36. The molecule has 0 radical (unpaired) electrons. The molecule has 0 spiro atoms. The van der Waals surface area contributed by atoms with Crippen molar-refractivity contribution in [1.29, 1.82) is 0 Å². The summed E-state index contributed by atoms with van der Waals surface area (Å²) in [5.41, 5.74) is 0.212. The Kier molecular flexibility index (Phi) is 4.86. The van der Waals surface area contributed by atoms with Crippen LogP contribution >= 0.6 is 0 Å². The lowest BCUT2D eigenvalue weighted by Crippen LogP contribution is -2.16. The van der Waals surface area contributed by atoms with E-state index >= 15 is 0 Å². The van der Waals surface area contributed by atoms with Crippen molar-refractivity contribution in [3.05, 3.63) is 29.8 Å². The van der Waals surface area contributed by atoms with E-state index < -0.39 is 17.8 Å². The van der Waals surface area contributed by atoms with Crippen LogP contribution in [0.2, 0.25) is 0 Å². The topological polar surface area (TPSA) is 92.7 Å². The zero-order valence-electron chi connectivity index (χ0n) is 9.80. The van der Waals surface area contributed by atoms with E-state index in [-0.39, 0.29) is 24.1 Å². The summed E-state index contributed by atoms with van der Waals surface area (Å²) in [5, 5.41) is 11.4. The second kappa shape index (κ2) is 6.39. The van der Waals surface area contributed by atoms with Crippen molar-refractivity contribution >= 4 is 23.5 Å². The molecule has 1 amide bonds. The molecule has 96 valence electrons. The SMILES string of the molecule is COC(=O)CCC(=O)Nc1ccccc1C(=O)O. The first kappa shape index (κ1) is 13.7. The van der Waals surface area contributed by atoms with Gasteiger partial charge in [0, 0.05) is 6.42 Å². The maximum Gasteiger partial charge on any atom is 0.337 e. The number of benzene rings is 1. The predicted molar refractivity (Wildman–Crippen MR) is 63.3 cm³/mol. The highest BCUT2D eigenvalue weighted by molar-refractivity contribution is 6.00. The Morgan fingerprint density at radius 3 is 2.50 bits per heavy atom. The Morgan fingerprint density at radius 2 is 1.89 bits per heavy atom. The molecule has 0 unspecified atom stereocenters. The Labute approximate surface area is 104 Å². The number of hydrogen-bond acceptors (Lipinski definition) is 4. The second-order valence-corrected chi connectivity index (χ2v) is 3.48. The van der Waals surface area contributed by atoms with Gasteiger partial charge in [-0.3, -0.25) is 9.59 Å². The minimum absolute atomic E-state index is 0.00363. The molecule has 0 fully saturated rings. The summed E-state index contributed by atoms with van der Waals surface area (Å²) in [4.78, 5) is 33.2. The monoisotopic (exact) mass is 251 g/mol. The van der Waals surface area contributed by atoms with Gasteiger partial charge < -0.3 is 15.2 Å². The summed E-state index contributed by atoms with van der Waals surface area (Å²) in [6, 6.07) is 6.05. The summed E-state index contributed by atoms with van der Waals surface area (Å²) >= 11 is 0. The van der Waals surface area contributed by atoms with Crippen molar-refractivity contribution in [3.63, 3.8) is 0 Å². The third-order valence-corrected chi connectivity index (χ3v) is 2.22. The van der Waals surface area contributed by atoms with Crippen molar-refractivity contribution < 1.29 is 24.2 Å². The minimum atomic E-state index is -1.13. The van der Waals surface area contributed by atoms with Gasteiger partial charge in [0.1, 0.15) is 0 Å². The van der Waals surface area contributed by atoms with Crippen LogP contribution in [0, 0.1) is 0 Å². The van der Waals surface area contributed by atoms with E-state index in [0.29, 0.717) is 0 Å². The fourth-order valence-corrected chi connectivity index (χ4v) is 1.31. The lowest BCUT2D eigenvalue weighted by molar-refractivity contribution is -0.141. The molecule has 6 heteroatoms. The maximum atomic E-state index is 11.5. The number of carbonyl (C=O) groups is 3. The molecule has 0 saturated carbocycles. The van der Waals surface area contributed by atoms with Crippen LogP contribution in [0.3, 0.4) is 0 Å². The Balaban J connectivity index is 2.65. The number of aromatic carboxylic acids is 1. The summed E-state index contributed by atoms with van der Waals surface area (Å²) in [6.45, 7) is 0. The van der Waals surface area contributed by atoms with Gasteiger partial charge >= 0.3 is 11.9 Å². The van der Waals surface area contributed by atoms with Gasteiger partial charge in [-0.2, -0.15) is 0 Å². The van der Waals surface area contributed by atoms with E-state index in [4.69, 9.17) is 5.11 Å². The number of para-hydroxylation sites is 1. The second-order valence-electron chi connectivity index (χ2n) is 3.48. The molecule has 2 N–H and O–H groups in total. The summed E-state index contributed by atoms with van der Waals surface area (Å²) in [7, 11) is 1.24. The van der Waals surface area contributed by atoms with Crippen LogP contribution in [0.25, 0.3) is 0 Å². The molecule has 0 bridgehead atoms. The number of carbonyl (C=O) groups excluding carboxylic acids is 2. The molecule has 0 atom stereocenters. The van der Waals surface area contributed by atoms with Crippen LogP contribution in [0.4, 0.5) is 5.69 Å². The highest BCUT2D eigenvalue weighted by Gasteiger charge is 2.12. The van der Waals surface area contributed by atoms with Gasteiger partial charge in [-0.25, -0.2) is 4.79 Å². The number of amides is 1. The van der Waals surface area contributed by atoms with Gasteiger partial charge in [-0.15, -0.1) is 0 Å². The van der Waals surface area contributed by atoms with Crippen LogP contribution in [0.1, 0.15) is 23.2 Å². The molecular formula is C12H13NO5. The lowest BCUT2D eigenvalue weighted by atomic mass is 10.1. The van der Waals surface area contributed by atoms with Gasteiger partial charge in [0.05, 0.1) is 24.8 Å². The normalized spacial score (nSPS) is 9.61. The first-order valence-electron chi connectivity index (χ1n) is 5.23. The minimum Gasteiger partial charge on any atom is -0.478 e. The standard InChI is InChI=1S/C12H13NO5/c1-18-11(15)7-6-10(14)13-9-5-3-2-4-8(9)12(16)17/h2-5H,6-7H2,1H3,(H,13,14)(H,16,17). The van der Waals surface area contributed by atoms with Crippen molar-refractivity contribution in [2.75, 3.05) is 12.4 Å². The third kappa shape index (κ3) is 3.89. The van der Waals surface area contributed by atoms with Crippen molar-refractivity contribution in [3.8, 4) is 0 Å². The maximum absolute atomic E-state index is 11.5. The summed E-state index contributed by atoms with van der Waals surface area (Å²) in [5.74, 6) is -2.05. The van der Waals surface area contributed by atoms with Gasteiger partial charge in [0.25, 0.3) is 0 Å². The molecule has 0 heterocycles. The highest BCUT2D eigenvalue weighted by atomic mass is 16.5. The lowest BCUT2D eigenvalue weighted by Gasteiger charge is -2.07. The van der Waals surface area contributed by atoms with Gasteiger partial charge in [0.15, 0.2) is 0 Å². The first-order valence-corrected chi connectivity index (χ1v) is 5.23. The fraction of sp³-hybridized carbons (Fsp3) is 0.250. The molecule has 6 nitrogen and oxygen atoms in total. The Hall–Kier alpha value is -2.37. The number of rotatable bonds is 5. The highest BCUT2D eigenvalue weighted by Crippen LogP contribution is 2.15. The molecule has 18 heavy (non-hydrogen) atoms. The van der Waals surface area contributed by atoms with Crippen LogP contribution in [0.5, 0.6) is 0 Å². The van der Waals surface area contributed by atoms with E-state index in [2.05, 4.69) is 10.1 Å². The molecule has 0 aliphatic rings. The first-order chi connectivity index (χ1) is 8.54. The molecule has 0 aliphatic heterocycles. The number of nitrogens with one attached hydrogen (secondary N) is 1. The number of carboxylic acid groups (broad SMARTS) is 1. The van der Waals surface area contributed by atoms with Crippen LogP contribution in [-0.4, -0.2) is 30.1 Å². The number of hydrogen-bond donors (Lipinski definition) is 2. The number of methoxy groups -OCH3 is 1. The van der Waals surface area contributed by atoms with E-state index in [1.807, 2.05) is 0 Å². The molecule has 0 aliphatic carbocycles. The number of esters is 1. The van der Waals surface area contributed by atoms with Crippen molar-refractivity contribution in [2.45, 2.75) is 12.8 Å². The summed E-state index contributed by atoms with van der Waals surface area (Å²) in [6.07, 6.45) is -0.0990. The van der Waals surface area contributed by atoms with Gasteiger partial charge in [0.2, 0.25) is 5.91 Å². The Morgan fingerprint density at radius 1 is 1.22 bits per heavy atom. The van der Waals surface area contributed by atoms with E-state index in [1.165, 1.54) is 19.2 Å². The number of carboxylic acids is 1. The van der Waals surface area contributed by atoms with E-state index in [9.17, 15) is 14.4 Å². The van der Waals surface area contributed by atoms with Gasteiger partial charge in [-0.05, 0) is 12.1 Å². The van der Waals surface area contributed by atoms with Crippen LogP contribution in [-0.2, 0) is 14.3 Å². The van der Waals surface area contributed by atoms with Crippen LogP contribution in [0.15, 0.2) is 24.3 Å². The number of anilines is 1. The molecule has 0 saturated heterocycles. The van der Waals surface area contributed by atoms with E-state index in [1.54, 1.807) is 12.1 Å². The van der Waals surface area contributed by atoms with Gasteiger partial charge in [-0.1, -0.05) is 12.1 Å². The molecule has 1 aromatic carbocycles. The zero-order valence-corrected chi connectivity index (χ0v) is 9.80. The fourth-order valence-electron chi connectivity index (χ4n) is 1.31. The average molecular weight is 251 g/mol. The summed E-state index contributed by atoms with van der Waals surface area (Å²) < 4.78 is 4.40. The van der Waals surface area contributed by atoms with E-state index in [0.717, 1.165) is 0 Å². The Bertz CT molecular complexity index is 469. The van der Waals surface area contributed by atoms with Crippen molar-refractivity contribution in [2.24, 2.45) is 0 Å². The number of ether oxygens (including phenoxy) is 1. The molecule has 1 aromatic rings. The quantitative estimate of drug-likeness (QED) is 0.769. The smallest absolute Gasteiger partial charge is 0.337 e. The zero-order chi connectivity index (χ0) is 13.5. The van der Waals surface area contributed by atoms with Crippen molar-refractivity contribution in [1.82, 2.24) is 0 Å². The largest absolute Gasteiger partial charge is 0.478 e. The molecule has 1 rings (SSSR count). The molecular weight excluding hydrogens is 238 g/mol. The van der Waals surface area contributed by atoms with Crippen LogP contribution < -0.4 is 5.32 Å².